The molecule has 4 atom stereocenters. The van der Waals surface area contributed by atoms with Gasteiger partial charge in [0.05, 0.1) is 11.7 Å². The van der Waals surface area contributed by atoms with Crippen molar-refractivity contribution in [3.8, 4) is 0 Å². The molecule has 1 heterocycles. The molecule has 3 aliphatic carbocycles. The van der Waals surface area contributed by atoms with Gasteiger partial charge >= 0.3 is 7.32 Å². The zero-order chi connectivity index (χ0) is 12.4. The number of hydrogen-bond acceptors (Lipinski definition) is 3. The molecule has 0 radical (unpaired) electrons. The molecule has 3 saturated carbocycles. The van der Waals surface area contributed by atoms with E-state index < -0.39 is 7.32 Å². The molecule has 4 fully saturated rings. The molecule has 1 unspecified atom stereocenters. The van der Waals surface area contributed by atoms with Crippen molar-refractivity contribution in [3.05, 3.63) is 0 Å². The van der Waals surface area contributed by atoms with Crippen molar-refractivity contribution >= 4 is 7.32 Å². The van der Waals surface area contributed by atoms with Crippen LogP contribution in [0.3, 0.4) is 0 Å². The first-order chi connectivity index (χ1) is 7.84. The van der Waals surface area contributed by atoms with Crippen LogP contribution in [0.4, 0.5) is 0 Å². The molecule has 0 aromatic rings. The van der Waals surface area contributed by atoms with Gasteiger partial charge in [-0.3, -0.25) is 0 Å². The summed E-state index contributed by atoms with van der Waals surface area (Å²) in [5.74, 6) is 1.41. The number of rotatable bonds is 2. The standard InChI is InChI=1S/C13H23BO3/c1-8(2)15-14-16-11-7-9-6-10(12(9,3)4)13(11,5)17-14/h8-11H,6-7H2,1-5H3/t9-,10?,11+,13-/m0/s1. The Balaban J connectivity index is 1.78. The summed E-state index contributed by atoms with van der Waals surface area (Å²) in [7, 11) is -0.458. The smallest absolute Gasteiger partial charge is 0.384 e. The van der Waals surface area contributed by atoms with Crippen molar-refractivity contribution < 1.29 is 14.0 Å². The average Bonchev–Trinajstić information content (AvgIpc) is 2.51. The highest BCUT2D eigenvalue weighted by atomic mass is 16.8. The van der Waals surface area contributed by atoms with Crippen molar-refractivity contribution in [1.29, 1.82) is 0 Å². The molecule has 1 saturated heterocycles. The van der Waals surface area contributed by atoms with Crippen LogP contribution in [0, 0.1) is 17.3 Å². The highest BCUT2D eigenvalue weighted by Crippen LogP contribution is 2.65. The maximum Gasteiger partial charge on any atom is 0.640 e. The average molecular weight is 238 g/mol. The van der Waals surface area contributed by atoms with Gasteiger partial charge in [0.1, 0.15) is 0 Å². The molecule has 2 bridgehead atoms. The lowest BCUT2D eigenvalue weighted by Crippen LogP contribution is -2.65. The Kier molecular flexibility index (Phi) is 2.46. The summed E-state index contributed by atoms with van der Waals surface area (Å²) in [6.45, 7) is 11.0. The summed E-state index contributed by atoms with van der Waals surface area (Å²) in [6, 6.07) is 0. The summed E-state index contributed by atoms with van der Waals surface area (Å²) < 4.78 is 17.7. The molecule has 0 amide bonds. The molecule has 0 spiro atoms. The molecular formula is C13H23BO3. The Labute approximate surface area is 104 Å². The predicted octanol–water partition coefficient (Wildman–Crippen LogP) is 2.64. The van der Waals surface area contributed by atoms with E-state index in [1.165, 1.54) is 6.42 Å². The van der Waals surface area contributed by atoms with E-state index in [0.717, 1.165) is 12.3 Å². The van der Waals surface area contributed by atoms with Crippen LogP contribution in [0.2, 0.25) is 0 Å². The zero-order valence-corrected chi connectivity index (χ0v) is 11.5. The monoisotopic (exact) mass is 238 g/mol. The fourth-order valence-electron chi connectivity index (χ4n) is 4.11. The maximum absolute atomic E-state index is 6.11. The molecule has 96 valence electrons. The minimum absolute atomic E-state index is 0.141. The first kappa shape index (κ1) is 12.0. The van der Waals surface area contributed by atoms with Gasteiger partial charge in [0, 0.05) is 6.10 Å². The second-order valence-corrected chi connectivity index (χ2v) is 6.94. The Morgan fingerprint density at radius 1 is 1.24 bits per heavy atom. The van der Waals surface area contributed by atoms with E-state index in [1.807, 2.05) is 13.8 Å². The van der Waals surface area contributed by atoms with Crippen LogP contribution in [0.15, 0.2) is 0 Å². The van der Waals surface area contributed by atoms with Gasteiger partial charge in [-0.2, -0.15) is 0 Å². The van der Waals surface area contributed by atoms with E-state index in [4.69, 9.17) is 14.0 Å². The van der Waals surface area contributed by atoms with Gasteiger partial charge in [0.2, 0.25) is 0 Å². The predicted molar refractivity (Wildman–Crippen MR) is 66.3 cm³/mol. The minimum Gasteiger partial charge on any atom is -0.384 e. The second kappa shape index (κ2) is 3.49. The first-order valence-corrected chi connectivity index (χ1v) is 6.83. The van der Waals surface area contributed by atoms with E-state index in [0.29, 0.717) is 11.3 Å². The lowest BCUT2D eigenvalue weighted by atomic mass is 9.43. The van der Waals surface area contributed by atoms with Crippen LogP contribution < -0.4 is 0 Å². The van der Waals surface area contributed by atoms with Gasteiger partial charge in [-0.05, 0) is 50.9 Å². The fourth-order valence-corrected chi connectivity index (χ4v) is 4.11. The summed E-state index contributed by atoms with van der Waals surface area (Å²) >= 11 is 0. The summed E-state index contributed by atoms with van der Waals surface area (Å²) in [6.07, 6.45) is 2.78. The Bertz CT molecular complexity index is 331. The SMILES string of the molecule is CC(C)OB1O[C@@H]2C[C@@H]3CC(C3(C)C)[C@]2(C)O1. The normalized spacial score (nSPS) is 46.9. The van der Waals surface area contributed by atoms with Crippen molar-refractivity contribution in [2.75, 3.05) is 0 Å². The second-order valence-electron chi connectivity index (χ2n) is 6.94. The lowest BCUT2D eigenvalue weighted by Gasteiger charge is -2.64. The molecule has 0 aromatic carbocycles. The first-order valence-electron chi connectivity index (χ1n) is 6.83. The Hall–Kier alpha value is -0.0551. The zero-order valence-electron chi connectivity index (χ0n) is 11.5. The molecule has 0 N–H and O–H groups in total. The van der Waals surface area contributed by atoms with Crippen LogP contribution >= 0.6 is 0 Å². The third-order valence-electron chi connectivity index (χ3n) is 5.31. The van der Waals surface area contributed by atoms with E-state index in [9.17, 15) is 0 Å². The summed E-state index contributed by atoms with van der Waals surface area (Å²) in [4.78, 5) is 0. The van der Waals surface area contributed by atoms with E-state index in [-0.39, 0.29) is 17.8 Å². The quantitative estimate of drug-likeness (QED) is 0.692. The number of hydrogen-bond donors (Lipinski definition) is 0. The van der Waals surface area contributed by atoms with Gasteiger partial charge in [-0.25, -0.2) is 0 Å². The Morgan fingerprint density at radius 3 is 2.53 bits per heavy atom. The molecule has 4 heteroatoms. The molecule has 4 rings (SSSR count). The van der Waals surface area contributed by atoms with Crippen LogP contribution in [0.5, 0.6) is 0 Å². The maximum atomic E-state index is 6.11. The van der Waals surface area contributed by atoms with Crippen molar-refractivity contribution in [3.63, 3.8) is 0 Å². The van der Waals surface area contributed by atoms with Gasteiger partial charge < -0.3 is 14.0 Å². The fraction of sp³-hybridized carbons (Fsp3) is 1.00. The highest BCUT2D eigenvalue weighted by molar-refractivity contribution is 6.37. The van der Waals surface area contributed by atoms with E-state index in [1.54, 1.807) is 0 Å². The summed E-state index contributed by atoms with van der Waals surface area (Å²) in [5.41, 5.74) is 0.263. The van der Waals surface area contributed by atoms with Gasteiger partial charge in [-0.1, -0.05) is 13.8 Å². The van der Waals surface area contributed by atoms with Crippen molar-refractivity contribution in [2.24, 2.45) is 17.3 Å². The molecule has 3 nitrogen and oxygen atoms in total. The molecule has 17 heavy (non-hydrogen) atoms. The van der Waals surface area contributed by atoms with Crippen LogP contribution in [-0.4, -0.2) is 25.1 Å². The Morgan fingerprint density at radius 2 is 1.94 bits per heavy atom. The topological polar surface area (TPSA) is 27.7 Å². The van der Waals surface area contributed by atoms with Gasteiger partial charge in [-0.15, -0.1) is 0 Å². The molecule has 1 aliphatic heterocycles. The van der Waals surface area contributed by atoms with Crippen LogP contribution in [0.25, 0.3) is 0 Å². The van der Waals surface area contributed by atoms with E-state index >= 15 is 0 Å². The molecule has 0 aromatic heterocycles. The van der Waals surface area contributed by atoms with E-state index in [2.05, 4.69) is 20.8 Å². The third-order valence-corrected chi connectivity index (χ3v) is 5.31. The molecule has 4 aliphatic rings. The summed E-state index contributed by atoms with van der Waals surface area (Å²) in [5, 5.41) is 0. The van der Waals surface area contributed by atoms with Crippen LogP contribution in [-0.2, 0) is 14.0 Å². The van der Waals surface area contributed by atoms with Gasteiger partial charge in [0.25, 0.3) is 0 Å². The molecular weight excluding hydrogens is 215 g/mol. The largest absolute Gasteiger partial charge is 0.640 e. The van der Waals surface area contributed by atoms with Crippen LogP contribution in [0.1, 0.15) is 47.5 Å². The van der Waals surface area contributed by atoms with Crippen molar-refractivity contribution in [1.82, 2.24) is 0 Å². The lowest BCUT2D eigenvalue weighted by molar-refractivity contribution is -0.200. The van der Waals surface area contributed by atoms with Crippen molar-refractivity contribution in [2.45, 2.75) is 65.3 Å². The third kappa shape index (κ3) is 1.53. The minimum atomic E-state index is -0.458. The van der Waals surface area contributed by atoms with Gasteiger partial charge in [0.15, 0.2) is 0 Å². The highest BCUT2D eigenvalue weighted by Gasteiger charge is 2.68.